The number of carbonyl (C=O) groups is 2. The van der Waals surface area contributed by atoms with Crippen molar-refractivity contribution in [3.63, 3.8) is 0 Å². The minimum Gasteiger partial charge on any atom is -0.342 e. The topological polar surface area (TPSA) is 37.4 Å². The predicted octanol–water partition coefficient (Wildman–Crippen LogP) is 2.63. The maximum Gasteiger partial charge on any atom is 0.230 e. The predicted molar refractivity (Wildman–Crippen MR) is 69.0 cm³/mol. The van der Waals surface area contributed by atoms with Gasteiger partial charge in [-0.2, -0.15) is 0 Å². The number of carbonyl (C=O) groups excluding carboxylic acids is 2. The van der Waals surface area contributed by atoms with E-state index in [0.717, 1.165) is 31.5 Å². The van der Waals surface area contributed by atoms with Crippen LogP contribution in [0.3, 0.4) is 0 Å². The maximum atomic E-state index is 12.4. The van der Waals surface area contributed by atoms with Crippen molar-refractivity contribution in [1.29, 1.82) is 0 Å². The van der Waals surface area contributed by atoms with Crippen LogP contribution >= 0.6 is 11.6 Å². The lowest BCUT2D eigenvalue weighted by molar-refractivity contribution is -0.131. The first-order valence-corrected chi connectivity index (χ1v) is 6.66. The Morgan fingerprint density at radius 1 is 1.28 bits per heavy atom. The number of ketones is 1. The Balaban J connectivity index is 1.97. The van der Waals surface area contributed by atoms with Gasteiger partial charge in [-0.3, -0.25) is 9.59 Å². The number of fused-ring (bicyclic) bond motifs is 1. The van der Waals surface area contributed by atoms with E-state index in [0.29, 0.717) is 10.6 Å². The second-order valence-corrected chi connectivity index (χ2v) is 5.32. The number of Topliss-reactive ketones (excluding diaryl/α,β-unsaturated/α-hetero) is 1. The zero-order valence-electron chi connectivity index (χ0n) is 9.99. The van der Waals surface area contributed by atoms with Crippen LogP contribution < -0.4 is 0 Å². The van der Waals surface area contributed by atoms with Crippen molar-refractivity contribution < 1.29 is 9.59 Å². The summed E-state index contributed by atoms with van der Waals surface area (Å²) in [6.45, 7) is 1.62. The summed E-state index contributed by atoms with van der Waals surface area (Å²) in [6, 6.07) is 5.28. The van der Waals surface area contributed by atoms with E-state index in [4.69, 9.17) is 11.6 Å². The molecule has 1 fully saturated rings. The molecule has 94 valence electrons. The van der Waals surface area contributed by atoms with Crippen molar-refractivity contribution >= 4 is 23.3 Å². The standard InChI is InChI=1S/C14H14ClNO2/c15-11-5-3-4-9-12(17)8-10(13(9)11)14(18)16-6-1-2-7-16/h3-5,10H,1-2,6-8H2. The molecule has 1 unspecified atom stereocenters. The van der Waals surface area contributed by atoms with E-state index in [1.807, 2.05) is 4.90 Å². The van der Waals surface area contributed by atoms with Gasteiger partial charge in [-0.15, -0.1) is 0 Å². The van der Waals surface area contributed by atoms with Gasteiger partial charge in [-0.05, 0) is 24.5 Å². The van der Waals surface area contributed by atoms with Crippen molar-refractivity contribution in [2.24, 2.45) is 0 Å². The zero-order chi connectivity index (χ0) is 12.7. The Morgan fingerprint density at radius 2 is 2.00 bits per heavy atom. The highest BCUT2D eigenvalue weighted by Gasteiger charge is 2.38. The van der Waals surface area contributed by atoms with Gasteiger partial charge in [0.25, 0.3) is 0 Å². The Labute approximate surface area is 111 Å². The summed E-state index contributed by atoms with van der Waals surface area (Å²) in [5.74, 6) is -0.267. The van der Waals surface area contributed by atoms with E-state index in [1.165, 1.54) is 0 Å². The molecular weight excluding hydrogens is 250 g/mol. The number of halogens is 1. The number of rotatable bonds is 1. The fourth-order valence-electron chi connectivity index (χ4n) is 2.90. The molecule has 1 aliphatic heterocycles. The molecule has 4 heteroatoms. The van der Waals surface area contributed by atoms with Crippen LogP contribution in [0.2, 0.25) is 5.02 Å². The molecule has 1 amide bonds. The van der Waals surface area contributed by atoms with E-state index in [9.17, 15) is 9.59 Å². The van der Waals surface area contributed by atoms with Crippen LogP contribution in [0.4, 0.5) is 0 Å². The third-order valence-electron chi connectivity index (χ3n) is 3.81. The fraction of sp³-hybridized carbons (Fsp3) is 0.429. The molecular formula is C14H14ClNO2. The van der Waals surface area contributed by atoms with Crippen molar-refractivity contribution in [2.45, 2.75) is 25.2 Å². The molecule has 1 aromatic carbocycles. The van der Waals surface area contributed by atoms with Crippen molar-refractivity contribution in [3.8, 4) is 0 Å². The van der Waals surface area contributed by atoms with Crippen LogP contribution in [0, 0.1) is 0 Å². The highest BCUT2D eigenvalue weighted by molar-refractivity contribution is 6.32. The van der Waals surface area contributed by atoms with Gasteiger partial charge in [0.05, 0.1) is 5.92 Å². The van der Waals surface area contributed by atoms with Gasteiger partial charge in [0.15, 0.2) is 5.78 Å². The second-order valence-electron chi connectivity index (χ2n) is 4.91. The van der Waals surface area contributed by atoms with E-state index in [2.05, 4.69) is 0 Å². The molecule has 1 heterocycles. The van der Waals surface area contributed by atoms with Crippen LogP contribution in [-0.4, -0.2) is 29.7 Å². The van der Waals surface area contributed by atoms with Crippen LogP contribution in [0.5, 0.6) is 0 Å². The van der Waals surface area contributed by atoms with Crippen molar-refractivity contribution in [1.82, 2.24) is 4.90 Å². The molecule has 0 N–H and O–H groups in total. The Hall–Kier alpha value is -1.35. The largest absolute Gasteiger partial charge is 0.342 e. The normalized spacial score (nSPS) is 22.4. The number of hydrogen-bond acceptors (Lipinski definition) is 2. The SMILES string of the molecule is O=C1CC(C(=O)N2CCCC2)c2c(Cl)cccc21. The van der Waals surface area contributed by atoms with Crippen molar-refractivity contribution in [3.05, 3.63) is 34.3 Å². The molecule has 1 saturated heterocycles. The van der Waals surface area contributed by atoms with E-state index >= 15 is 0 Å². The summed E-state index contributed by atoms with van der Waals surface area (Å²) >= 11 is 6.16. The molecule has 3 rings (SSSR count). The summed E-state index contributed by atoms with van der Waals surface area (Å²) in [6.07, 6.45) is 2.39. The number of likely N-dealkylation sites (tertiary alicyclic amines) is 1. The summed E-state index contributed by atoms with van der Waals surface area (Å²) in [4.78, 5) is 26.2. The monoisotopic (exact) mass is 263 g/mol. The first kappa shape index (κ1) is 11.7. The van der Waals surface area contributed by atoms with Gasteiger partial charge in [-0.25, -0.2) is 0 Å². The lowest BCUT2D eigenvalue weighted by Crippen LogP contribution is -2.32. The maximum absolute atomic E-state index is 12.4. The van der Waals surface area contributed by atoms with Gasteiger partial charge < -0.3 is 4.90 Å². The Bertz CT molecular complexity index is 521. The van der Waals surface area contributed by atoms with Gasteiger partial charge in [-0.1, -0.05) is 23.7 Å². The summed E-state index contributed by atoms with van der Waals surface area (Å²) in [5.41, 5.74) is 1.36. The molecule has 1 atom stereocenters. The van der Waals surface area contributed by atoms with Gasteiger partial charge in [0.2, 0.25) is 5.91 Å². The molecule has 0 bridgehead atoms. The first-order valence-electron chi connectivity index (χ1n) is 6.29. The third-order valence-corrected chi connectivity index (χ3v) is 4.14. The lowest BCUT2D eigenvalue weighted by Gasteiger charge is -2.20. The molecule has 1 aliphatic carbocycles. The molecule has 0 radical (unpaired) electrons. The van der Waals surface area contributed by atoms with E-state index in [1.54, 1.807) is 18.2 Å². The molecule has 0 spiro atoms. The lowest BCUT2D eigenvalue weighted by atomic mass is 10.00. The number of benzene rings is 1. The molecule has 3 nitrogen and oxygen atoms in total. The molecule has 1 aromatic rings. The third kappa shape index (κ3) is 1.74. The quantitative estimate of drug-likeness (QED) is 0.781. The van der Waals surface area contributed by atoms with Crippen LogP contribution in [-0.2, 0) is 4.79 Å². The first-order chi connectivity index (χ1) is 8.68. The smallest absolute Gasteiger partial charge is 0.230 e. The summed E-state index contributed by atoms with van der Waals surface area (Å²) in [5, 5.41) is 0.538. The minimum absolute atomic E-state index is 0.0325. The molecule has 18 heavy (non-hydrogen) atoms. The Morgan fingerprint density at radius 3 is 2.72 bits per heavy atom. The summed E-state index contributed by atoms with van der Waals surface area (Å²) < 4.78 is 0. The van der Waals surface area contributed by atoms with Crippen molar-refractivity contribution in [2.75, 3.05) is 13.1 Å². The molecule has 0 aromatic heterocycles. The highest BCUT2D eigenvalue weighted by Crippen LogP contribution is 2.39. The Kier molecular flexibility index (Phi) is 2.86. The highest BCUT2D eigenvalue weighted by atomic mass is 35.5. The number of amides is 1. The number of hydrogen-bond donors (Lipinski definition) is 0. The van der Waals surface area contributed by atoms with Crippen LogP contribution in [0.15, 0.2) is 18.2 Å². The number of nitrogens with zero attached hydrogens (tertiary/aromatic N) is 1. The molecule has 2 aliphatic rings. The molecule has 0 saturated carbocycles. The van der Waals surface area contributed by atoms with E-state index < -0.39 is 0 Å². The van der Waals surface area contributed by atoms with Gasteiger partial charge in [0.1, 0.15) is 0 Å². The van der Waals surface area contributed by atoms with E-state index in [-0.39, 0.29) is 24.0 Å². The average molecular weight is 264 g/mol. The second kappa shape index (κ2) is 4.39. The van der Waals surface area contributed by atoms with Gasteiger partial charge >= 0.3 is 0 Å². The van der Waals surface area contributed by atoms with Crippen LogP contribution in [0.25, 0.3) is 0 Å². The van der Waals surface area contributed by atoms with Gasteiger partial charge in [0, 0.05) is 30.1 Å². The average Bonchev–Trinajstić information content (AvgIpc) is 2.98. The minimum atomic E-state index is -0.362. The fourth-order valence-corrected chi connectivity index (χ4v) is 3.21. The zero-order valence-corrected chi connectivity index (χ0v) is 10.7. The summed E-state index contributed by atoms with van der Waals surface area (Å²) in [7, 11) is 0. The van der Waals surface area contributed by atoms with Crippen LogP contribution in [0.1, 0.15) is 41.1 Å².